The number of para-hydroxylation sites is 1. The maximum atomic E-state index is 12.7. The summed E-state index contributed by atoms with van der Waals surface area (Å²) in [5.41, 5.74) is 5.17. The lowest BCUT2D eigenvalue weighted by atomic mass is 10.2. The molecule has 16 heavy (non-hydrogen) atoms. The van der Waals surface area contributed by atoms with Crippen molar-refractivity contribution in [3.63, 3.8) is 0 Å². The summed E-state index contributed by atoms with van der Waals surface area (Å²) in [5, 5.41) is 4.04. The fourth-order valence-electron chi connectivity index (χ4n) is 1.58. The maximum absolute atomic E-state index is 12.7. The highest BCUT2D eigenvalue weighted by Crippen LogP contribution is 2.26. The molecule has 2 aromatic rings. The highest BCUT2D eigenvalue weighted by atomic mass is 19.3. The van der Waals surface area contributed by atoms with Crippen LogP contribution in [-0.2, 0) is 11.3 Å². The van der Waals surface area contributed by atoms with Crippen molar-refractivity contribution < 1.29 is 13.6 Å². The Morgan fingerprint density at radius 3 is 2.75 bits per heavy atom. The first kappa shape index (κ1) is 10.5. The molecular weight excluding hydrogens is 216 g/mol. The van der Waals surface area contributed by atoms with Crippen LogP contribution < -0.4 is 5.73 Å². The van der Waals surface area contributed by atoms with Crippen LogP contribution in [0.4, 0.5) is 8.78 Å². The number of benzene rings is 1. The van der Waals surface area contributed by atoms with Crippen LogP contribution in [0.15, 0.2) is 24.3 Å². The summed E-state index contributed by atoms with van der Waals surface area (Å²) >= 11 is 0. The monoisotopic (exact) mass is 225 g/mol. The maximum Gasteiger partial charge on any atom is 0.282 e. The van der Waals surface area contributed by atoms with E-state index < -0.39 is 12.3 Å². The number of primary amides is 1. The number of rotatable bonds is 3. The number of carbonyl (C=O) groups excluding carboxylic acids is 1. The summed E-state index contributed by atoms with van der Waals surface area (Å²) in [6.07, 6.45) is -2.67. The van der Waals surface area contributed by atoms with Crippen molar-refractivity contribution in [2.45, 2.75) is 13.0 Å². The molecule has 0 saturated carbocycles. The lowest BCUT2D eigenvalue weighted by Crippen LogP contribution is -2.19. The van der Waals surface area contributed by atoms with Gasteiger partial charge in [0, 0.05) is 5.39 Å². The van der Waals surface area contributed by atoms with Crippen molar-refractivity contribution in [3.05, 3.63) is 30.0 Å². The number of fused-ring (bicyclic) bond motifs is 1. The predicted octanol–water partition coefficient (Wildman–Crippen LogP) is 1.46. The molecule has 1 heterocycles. The van der Waals surface area contributed by atoms with E-state index in [9.17, 15) is 13.6 Å². The smallest absolute Gasteiger partial charge is 0.282 e. The topological polar surface area (TPSA) is 60.9 Å². The van der Waals surface area contributed by atoms with E-state index in [1.54, 1.807) is 24.3 Å². The van der Waals surface area contributed by atoms with Gasteiger partial charge in [0.15, 0.2) is 0 Å². The molecule has 0 atom stereocenters. The van der Waals surface area contributed by atoms with Gasteiger partial charge in [0.25, 0.3) is 6.43 Å². The van der Waals surface area contributed by atoms with Crippen LogP contribution in [0.1, 0.15) is 12.1 Å². The molecule has 2 rings (SSSR count). The third-order valence-electron chi connectivity index (χ3n) is 2.20. The summed E-state index contributed by atoms with van der Waals surface area (Å²) in [7, 11) is 0. The number of hydrogen-bond donors (Lipinski definition) is 1. The number of nitrogens with zero attached hydrogens (tertiary/aromatic N) is 2. The van der Waals surface area contributed by atoms with Crippen LogP contribution >= 0.6 is 0 Å². The molecule has 0 aliphatic rings. The van der Waals surface area contributed by atoms with Crippen molar-refractivity contribution in [1.82, 2.24) is 9.78 Å². The van der Waals surface area contributed by atoms with Crippen molar-refractivity contribution in [3.8, 4) is 0 Å². The normalized spacial score (nSPS) is 11.2. The molecule has 4 nitrogen and oxygen atoms in total. The highest BCUT2D eigenvalue weighted by Gasteiger charge is 2.18. The van der Waals surface area contributed by atoms with Crippen molar-refractivity contribution >= 4 is 16.8 Å². The molecule has 0 radical (unpaired) electrons. The molecule has 1 aromatic heterocycles. The molecular formula is C10H9F2N3O. The van der Waals surface area contributed by atoms with Gasteiger partial charge in [-0.25, -0.2) is 8.78 Å². The van der Waals surface area contributed by atoms with Gasteiger partial charge in [-0.15, -0.1) is 0 Å². The van der Waals surface area contributed by atoms with Crippen molar-refractivity contribution in [2.75, 3.05) is 0 Å². The number of nitrogens with two attached hydrogens (primary N) is 1. The first-order chi connectivity index (χ1) is 7.59. The second-order valence-corrected chi connectivity index (χ2v) is 3.33. The molecule has 0 bridgehead atoms. The van der Waals surface area contributed by atoms with Gasteiger partial charge < -0.3 is 5.73 Å². The molecule has 0 spiro atoms. The van der Waals surface area contributed by atoms with E-state index in [1.807, 2.05) is 0 Å². The first-order valence-corrected chi connectivity index (χ1v) is 4.61. The average molecular weight is 225 g/mol. The molecule has 0 unspecified atom stereocenters. The second kappa shape index (κ2) is 3.88. The Labute approximate surface area is 89.6 Å². The molecule has 1 aromatic carbocycles. The van der Waals surface area contributed by atoms with E-state index >= 15 is 0 Å². The third-order valence-corrected chi connectivity index (χ3v) is 2.20. The molecule has 0 aliphatic carbocycles. The van der Waals surface area contributed by atoms with Gasteiger partial charge in [0.2, 0.25) is 5.91 Å². The molecule has 1 amide bonds. The van der Waals surface area contributed by atoms with Gasteiger partial charge in [-0.3, -0.25) is 9.48 Å². The minimum atomic E-state index is -2.67. The zero-order chi connectivity index (χ0) is 11.7. The predicted molar refractivity (Wildman–Crippen MR) is 53.9 cm³/mol. The van der Waals surface area contributed by atoms with Crippen LogP contribution in [0.3, 0.4) is 0 Å². The fraction of sp³-hybridized carbons (Fsp3) is 0.200. The number of aromatic nitrogens is 2. The molecule has 0 aliphatic heterocycles. The SMILES string of the molecule is NC(=O)Cn1nc(C(F)F)c2ccccc21. The molecule has 0 saturated heterocycles. The Hall–Kier alpha value is -1.98. The average Bonchev–Trinajstić information content (AvgIpc) is 2.57. The summed E-state index contributed by atoms with van der Waals surface area (Å²) in [4.78, 5) is 10.8. The van der Waals surface area contributed by atoms with Gasteiger partial charge in [-0.05, 0) is 6.07 Å². The van der Waals surface area contributed by atoms with E-state index in [1.165, 1.54) is 4.68 Å². The van der Waals surface area contributed by atoms with Crippen LogP contribution in [0.2, 0.25) is 0 Å². The largest absolute Gasteiger partial charge is 0.368 e. The van der Waals surface area contributed by atoms with E-state index in [-0.39, 0.29) is 12.2 Å². The number of halogens is 2. The summed E-state index contributed by atoms with van der Waals surface area (Å²) in [6.45, 7) is -0.201. The van der Waals surface area contributed by atoms with E-state index in [2.05, 4.69) is 5.10 Å². The van der Waals surface area contributed by atoms with E-state index in [4.69, 9.17) is 5.73 Å². The van der Waals surface area contributed by atoms with Gasteiger partial charge >= 0.3 is 0 Å². The van der Waals surface area contributed by atoms with Gasteiger partial charge in [-0.2, -0.15) is 5.10 Å². The highest BCUT2D eigenvalue weighted by molar-refractivity contribution is 5.84. The minimum absolute atomic E-state index is 0.201. The summed E-state index contributed by atoms with van der Waals surface area (Å²) < 4.78 is 26.5. The van der Waals surface area contributed by atoms with Crippen LogP contribution in [-0.4, -0.2) is 15.7 Å². The lowest BCUT2D eigenvalue weighted by molar-refractivity contribution is -0.118. The third kappa shape index (κ3) is 1.73. The Kier molecular flexibility index (Phi) is 2.55. The second-order valence-electron chi connectivity index (χ2n) is 3.33. The van der Waals surface area contributed by atoms with Crippen molar-refractivity contribution in [1.29, 1.82) is 0 Å². The number of alkyl halides is 2. The minimum Gasteiger partial charge on any atom is -0.368 e. The molecule has 6 heteroatoms. The number of amides is 1. The van der Waals surface area contributed by atoms with Gasteiger partial charge in [0.1, 0.15) is 12.2 Å². The lowest BCUT2D eigenvalue weighted by Gasteiger charge is -1.98. The van der Waals surface area contributed by atoms with Crippen molar-refractivity contribution in [2.24, 2.45) is 5.73 Å². The Bertz CT molecular complexity index is 536. The molecule has 84 valence electrons. The van der Waals surface area contributed by atoms with Gasteiger partial charge in [-0.1, -0.05) is 18.2 Å². The van der Waals surface area contributed by atoms with E-state index in [0.717, 1.165) is 0 Å². The van der Waals surface area contributed by atoms with E-state index in [0.29, 0.717) is 10.9 Å². The quantitative estimate of drug-likeness (QED) is 0.859. The number of hydrogen-bond acceptors (Lipinski definition) is 2. The van der Waals surface area contributed by atoms with Crippen LogP contribution in [0, 0.1) is 0 Å². The standard InChI is InChI=1S/C10H9F2N3O/c11-10(12)9-6-3-1-2-4-7(6)15(14-9)5-8(13)16/h1-4,10H,5H2,(H2,13,16). The van der Waals surface area contributed by atoms with Gasteiger partial charge in [0.05, 0.1) is 5.52 Å². The fourth-order valence-corrected chi connectivity index (χ4v) is 1.58. The first-order valence-electron chi connectivity index (χ1n) is 4.61. The van der Waals surface area contributed by atoms with Crippen LogP contribution in [0.5, 0.6) is 0 Å². The zero-order valence-corrected chi connectivity index (χ0v) is 8.23. The number of carbonyl (C=O) groups is 1. The van der Waals surface area contributed by atoms with Crippen LogP contribution in [0.25, 0.3) is 10.9 Å². The molecule has 0 fully saturated rings. The summed E-state index contributed by atoms with van der Waals surface area (Å²) in [5.74, 6) is -0.617. The Morgan fingerprint density at radius 1 is 1.44 bits per heavy atom. The zero-order valence-electron chi connectivity index (χ0n) is 8.23. The Morgan fingerprint density at radius 2 is 2.12 bits per heavy atom. The summed E-state index contributed by atoms with van der Waals surface area (Å²) in [6, 6.07) is 6.50. The Balaban J connectivity index is 2.62. The molecule has 2 N–H and O–H groups in total.